The Bertz CT molecular complexity index is 642. The van der Waals surface area contributed by atoms with E-state index in [1.807, 2.05) is 0 Å². The Morgan fingerprint density at radius 3 is 1.95 bits per heavy atom. The smallest absolute Gasteiger partial charge is 0.872 e. The van der Waals surface area contributed by atoms with Crippen molar-refractivity contribution < 1.29 is 74.1 Å². The average Bonchev–Trinajstić information content (AvgIpc) is 2.38. The Kier molecular flexibility index (Phi) is 6.48. The molecule has 104 valence electrons. The first-order valence-corrected chi connectivity index (χ1v) is 5.42. The molecule has 0 amide bonds. The van der Waals surface area contributed by atoms with Crippen molar-refractivity contribution in [3.8, 4) is 5.75 Å². The van der Waals surface area contributed by atoms with Gasteiger partial charge in [-0.15, -0.1) is 5.75 Å². The van der Waals surface area contributed by atoms with Crippen LogP contribution in [-0.2, 0) is 6.18 Å². The summed E-state index contributed by atoms with van der Waals surface area (Å²) < 4.78 is 50.5. The molecule has 0 atom stereocenters. The van der Waals surface area contributed by atoms with E-state index in [0.29, 0.717) is 17.8 Å². The van der Waals surface area contributed by atoms with Crippen LogP contribution >= 0.6 is 0 Å². The molecular weight excluding hydrogens is 315 g/mol. The molecule has 0 aliphatic rings. The molecule has 21 heavy (non-hydrogen) atoms. The van der Waals surface area contributed by atoms with Crippen LogP contribution in [-0.4, -0.2) is 0 Å². The second-order valence-electron chi connectivity index (χ2n) is 3.86. The predicted molar refractivity (Wildman–Crippen MR) is 61.5 cm³/mol. The molecule has 0 bridgehead atoms. The molecule has 0 saturated carbocycles. The van der Waals surface area contributed by atoms with E-state index >= 15 is 0 Å². The summed E-state index contributed by atoms with van der Waals surface area (Å²) in [6.07, 6.45) is -4.79. The van der Waals surface area contributed by atoms with Crippen LogP contribution < -0.4 is 56.5 Å². The molecule has 0 fully saturated rings. The summed E-state index contributed by atoms with van der Waals surface area (Å²) in [5, 5.41) is 18.1. The largest absolute Gasteiger partial charge is 1.00 e. The molecule has 3 nitrogen and oxygen atoms in total. The molecule has 8 heteroatoms. The molecule has 0 aromatic heterocycles. The zero-order valence-electron chi connectivity index (χ0n) is 10.9. The average molecular weight is 322 g/mol. The van der Waals surface area contributed by atoms with Crippen LogP contribution in [0.5, 0.6) is 5.75 Å². The third-order valence-electron chi connectivity index (χ3n) is 2.37. The summed E-state index contributed by atoms with van der Waals surface area (Å²) in [6, 6.07) is 7.58. The van der Waals surface area contributed by atoms with Crippen LogP contribution in [0.1, 0.15) is 5.56 Å². The molecule has 0 unspecified atom stereocenters. The number of benzene rings is 2. The number of hydrogen-bond acceptors (Lipinski definition) is 3. The van der Waals surface area contributed by atoms with Gasteiger partial charge in [-0.25, -0.2) is 4.39 Å². The fourth-order valence-electron chi connectivity index (χ4n) is 1.42. The Morgan fingerprint density at radius 2 is 1.38 bits per heavy atom. The van der Waals surface area contributed by atoms with Gasteiger partial charge < -0.3 is 5.11 Å². The monoisotopic (exact) mass is 322 g/mol. The van der Waals surface area contributed by atoms with Crippen LogP contribution in [0.2, 0.25) is 0 Å². The van der Waals surface area contributed by atoms with E-state index in [1.165, 1.54) is 24.3 Å². The number of azo groups is 1. The second-order valence-corrected chi connectivity index (χ2v) is 3.86. The van der Waals surface area contributed by atoms with Crippen molar-refractivity contribution in [2.75, 3.05) is 0 Å². The minimum atomic E-state index is -4.79. The second kappa shape index (κ2) is 7.46. The maximum Gasteiger partial charge on any atom is 1.00 e. The molecule has 0 saturated heterocycles. The summed E-state index contributed by atoms with van der Waals surface area (Å²) in [4.78, 5) is 0. The SMILES string of the molecule is [K+].[O-]c1ccc(N=Nc2ccc(F)c(C(F)(F)F)c2)cc1. The first kappa shape index (κ1) is 18.2. The minimum Gasteiger partial charge on any atom is -0.872 e. The summed E-state index contributed by atoms with van der Waals surface area (Å²) in [6.45, 7) is 0. The van der Waals surface area contributed by atoms with E-state index < -0.39 is 17.6 Å². The maximum atomic E-state index is 13.0. The van der Waals surface area contributed by atoms with Crippen molar-refractivity contribution in [3.05, 3.63) is 53.8 Å². The standard InChI is InChI=1S/C13H8F4N2O.K/c14-12-6-3-9(7-11(12)13(15,16)17)19-18-8-1-4-10(20)5-2-8;/h1-7,20H;/q;+1/p-1. The molecule has 0 aliphatic heterocycles. The van der Waals surface area contributed by atoms with Crippen LogP contribution in [0.25, 0.3) is 0 Å². The van der Waals surface area contributed by atoms with Gasteiger partial charge in [0.15, 0.2) is 0 Å². The van der Waals surface area contributed by atoms with Gasteiger partial charge in [-0.3, -0.25) is 0 Å². The third-order valence-corrected chi connectivity index (χ3v) is 2.37. The first-order chi connectivity index (χ1) is 9.36. The summed E-state index contributed by atoms with van der Waals surface area (Å²) in [5.74, 6) is -1.59. The third kappa shape index (κ3) is 5.15. The number of rotatable bonds is 2. The van der Waals surface area contributed by atoms with Gasteiger partial charge in [0.1, 0.15) is 5.82 Å². The van der Waals surface area contributed by atoms with E-state index in [1.54, 1.807) is 0 Å². The zero-order chi connectivity index (χ0) is 14.8. The molecule has 2 aromatic carbocycles. The molecule has 0 aliphatic carbocycles. The minimum absolute atomic E-state index is 0. The molecule has 0 N–H and O–H groups in total. The summed E-state index contributed by atoms with van der Waals surface area (Å²) in [7, 11) is 0. The molecular formula is C13H7F4KN2O. The van der Waals surface area contributed by atoms with Crippen LogP contribution in [0, 0.1) is 5.82 Å². The molecule has 0 heterocycles. The van der Waals surface area contributed by atoms with E-state index in [2.05, 4.69) is 10.2 Å². The number of nitrogens with zero attached hydrogens (tertiary/aromatic N) is 2. The van der Waals surface area contributed by atoms with Crippen molar-refractivity contribution in [2.24, 2.45) is 10.2 Å². The van der Waals surface area contributed by atoms with Gasteiger partial charge in [0.05, 0.1) is 16.9 Å². The zero-order valence-corrected chi connectivity index (χ0v) is 14.0. The Hall–Kier alpha value is -0.804. The number of alkyl halides is 3. The maximum absolute atomic E-state index is 13.0. The van der Waals surface area contributed by atoms with Crippen molar-refractivity contribution in [2.45, 2.75) is 6.18 Å². The summed E-state index contributed by atoms with van der Waals surface area (Å²) in [5.41, 5.74) is -1.23. The van der Waals surface area contributed by atoms with E-state index in [9.17, 15) is 22.7 Å². The van der Waals surface area contributed by atoms with Gasteiger partial charge in [0.25, 0.3) is 0 Å². The van der Waals surface area contributed by atoms with Crippen LogP contribution in [0.4, 0.5) is 28.9 Å². The van der Waals surface area contributed by atoms with Crippen molar-refractivity contribution in [3.63, 3.8) is 0 Å². The molecule has 0 radical (unpaired) electrons. The first-order valence-electron chi connectivity index (χ1n) is 5.42. The number of halogens is 4. The van der Waals surface area contributed by atoms with Crippen LogP contribution in [0.3, 0.4) is 0 Å². The van der Waals surface area contributed by atoms with Crippen molar-refractivity contribution in [1.29, 1.82) is 0 Å². The van der Waals surface area contributed by atoms with E-state index in [-0.39, 0.29) is 62.8 Å². The predicted octanol–water partition coefficient (Wildman–Crippen LogP) is 1.34. The van der Waals surface area contributed by atoms with Gasteiger partial charge in [0.2, 0.25) is 0 Å². The fraction of sp³-hybridized carbons (Fsp3) is 0.0769. The van der Waals surface area contributed by atoms with Gasteiger partial charge in [-0.2, -0.15) is 23.4 Å². The fourth-order valence-corrected chi connectivity index (χ4v) is 1.42. The number of hydrogen-bond donors (Lipinski definition) is 0. The molecule has 2 aromatic rings. The molecule has 2 rings (SSSR count). The molecule has 0 spiro atoms. The Balaban J connectivity index is 0.00000220. The van der Waals surface area contributed by atoms with Gasteiger partial charge in [-0.05, 0) is 30.3 Å². The van der Waals surface area contributed by atoms with Crippen molar-refractivity contribution in [1.82, 2.24) is 0 Å². The van der Waals surface area contributed by atoms with E-state index in [4.69, 9.17) is 0 Å². The summed E-state index contributed by atoms with van der Waals surface area (Å²) >= 11 is 0. The van der Waals surface area contributed by atoms with E-state index in [0.717, 1.165) is 6.07 Å². The Labute approximate surface area is 160 Å². The van der Waals surface area contributed by atoms with Gasteiger partial charge in [0, 0.05) is 0 Å². The van der Waals surface area contributed by atoms with Crippen molar-refractivity contribution >= 4 is 11.4 Å². The topological polar surface area (TPSA) is 47.8 Å². The Morgan fingerprint density at radius 1 is 0.857 bits per heavy atom. The normalized spacial score (nSPS) is 11.4. The quantitative estimate of drug-likeness (QED) is 0.468. The van der Waals surface area contributed by atoms with Gasteiger partial charge in [-0.1, -0.05) is 12.1 Å². The van der Waals surface area contributed by atoms with Gasteiger partial charge >= 0.3 is 57.6 Å². The van der Waals surface area contributed by atoms with Crippen LogP contribution in [0.15, 0.2) is 52.7 Å².